The number of sulfone groups is 1. The summed E-state index contributed by atoms with van der Waals surface area (Å²) in [5, 5.41) is 3.02. The molecule has 19 heavy (non-hydrogen) atoms. The second-order valence-electron chi connectivity index (χ2n) is 4.29. The van der Waals surface area contributed by atoms with Crippen molar-refractivity contribution in [3.8, 4) is 11.1 Å². The molecule has 5 nitrogen and oxygen atoms in total. The zero-order valence-corrected chi connectivity index (χ0v) is 12.8. The van der Waals surface area contributed by atoms with Crippen LogP contribution in [-0.4, -0.2) is 19.8 Å². The van der Waals surface area contributed by atoms with Crippen molar-refractivity contribution in [1.29, 1.82) is 0 Å². The maximum absolute atomic E-state index is 11.7. The summed E-state index contributed by atoms with van der Waals surface area (Å²) in [6.45, 7) is 1.56. The van der Waals surface area contributed by atoms with Gasteiger partial charge in [0.25, 0.3) is 0 Å². The monoisotopic (exact) mass is 344 g/mol. The van der Waals surface area contributed by atoms with Gasteiger partial charge in [-0.2, -0.15) is 0 Å². The number of benzene rings is 1. The first-order valence-corrected chi connectivity index (χ1v) is 8.25. The Bertz CT molecular complexity index is 710. The van der Waals surface area contributed by atoms with Crippen LogP contribution < -0.4 is 5.73 Å². The van der Waals surface area contributed by atoms with Crippen LogP contribution in [0.3, 0.4) is 0 Å². The molecule has 0 spiro atoms. The van der Waals surface area contributed by atoms with E-state index in [0.29, 0.717) is 11.3 Å². The number of rotatable bonds is 3. The molecule has 1 heterocycles. The van der Waals surface area contributed by atoms with Gasteiger partial charge in [-0.15, -0.1) is 0 Å². The topological polar surface area (TPSA) is 86.2 Å². The molecule has 0 amide bonds. The highest BCUT2D eigenvalue weighted by molar-refractivity contribution is 9.10. The minimum atomic E-state index is -3.27. The van der Waals surface area contributed by atoms with E-state index >= 15 is 0 Å². The molecule has 0 aliphatic carbocycles. The van der Waals surface area contributed by atoms with Gasteiger partial charge in [-0.1, -0.05) is 33.2 Å². The Morgan fingerprint density at radius 3 is 2.68 bits per heavy atom. The molecule has 1 atom stereocenters. The number of aromatic nitrogens is 1. The molecule has 1 unspecified atom stereocenters. The molecular weight excluding hydrogens is 332 g/mol. The van der Waals surface area contributed by atoms with Crippen LogP contribution >= 0.6 is 15.9 Å². The van der Waals surface area contributed by atoms with Gasteiger partial charge >= 0.3 is 0 Å². The molecular formula is C12H13BrN2O3S. The highest BCUT2D eigenvalue weighted by Crippen LogP contribution is 2.36. The Kier molecular flexibility index (Phi) is 3.69. The lowest BCUT2D eigenvalue weighted by Gasteiger charge is -2.08. The van der Waals surface area contributed by atoms with Gasteiger partial charge in [0.15, 0.2) is 9.84 Å². The average molecular weight is 345 g/mol. The summed E-state index contributed by atoms with van der Waals surface area (Å²) in [6.07, 6.45) is 1.16. The van der Waals surface area contributed by atoms with E-state index in [2.05, 4.69) is 21.1 Å². The predicted octanol–water partition coefficient (Wildman–Crippen LogP) is 2.79. The number of nitrogens with two attached hydrogens (primary N) is 1. The maximum Gasteiger partial charge on any atom is 0.230 e. The van der Waals surface area contributed by atoms with Gasteiger partial charge in [-0.25, -0.2) is 8.42 Å². The van der Waals surface area contributed by atoms with Crippen molar-refractivity contribution in [3.63, 3.8) is 0 Å². The van der Waals surface area contributed by atoms with Crippen molar-refractivity contribution in [2.75, 3.05) is 12.0 Å². The molecule has 0 aliphatic heterocycles. The number of hydrogen-bond acceptors (Lipinski definition) is 5. The highest BCUT2D eigenvalue weighted by atomic mass is 79.9. The standard InChI is InChI=1S/C12H13BrN2O3S/c1-7(19(2,16)17)11-10(12(14)18-15-11)8-4-3-5-9(13)6-8/h3-7H,14H2,1-2H3. The lowest BCUT2D eigenvalue weighted by molar-refractivity contribution is 0.427. The minimum absolute atomic E-state index is 0.114. The second kappa shape index (κ2) is 4.97. The smallest absolute Gasteiger partial charge is 0.230 e. The van der Waals surface area contributed by atoms with Crippen molar-refractivity contribution in [1.82, 2.24) is 5.16 Å². The van der Waals surface area contributed by atoms with Crippen molar-refractivity contribution in [2.45, 2.75) is 12.2 Å². The molecule has 102 valence electrons. The Hall–Kier alpha value is -1.34. The molecule has 0 radical (unpaired) electrons. The molecule has 2 aromatic rings. The van der Waals surface area contributed by atoms with Crippen LogP contribution in [0.25, 0.3) is 11.1 Å². The Morgan fingerprint density at radius 1 is 1.42 bits per heavy atom. The first-order valence-electron chi connectivity index (χ1n) is 5.50. The molecule has 0 saturated carbocycles. The largest absolute Gasteiger partial charge is 0.367 e. The van der Waals surface area contributed by atoms with Crippen molar-refractivity contribution in [2.24, 2.45) is 0 Å². The average Bonchev–Trinajstić information content (AvgIpc) is 2.68. The lowest BCUT2D eigenvalue weighted by atomic mass is 10.0. The Balaban J connectivity index is 2.62. The number of nitrogen functional groups attached to an aromatic ring is 1. The number of hydrogen-bond donors (Lipinski definition) is 1. The van der Waals surface area contributed by atoms with Gasteiger partial charge in [0.05, 0.1) is 5.56 Å². The van der Waals surface area contributed by atoms with Gasteiger partial charge in [0.2, 0.25) is 5.88 Å². The van der Waals surface area contributed by atoms with Gasteiger partial charge in [0.1, 0.15) is 10.9 Å². The zero-order chi connectivity index (χ0) is 14.2. The molecule has 1 aromatic carbocycles. The summed E-state index contributed by atoms with van der Waals surface area (Å²) in [5.74, 6) is 0.114. The summed E-state index contributed by atoms with van der Waals surface area (Å²) in [4.78, 5) is 0. The first-order chi connectivity index (χ1) is 8.80. The third-order valence-corrected chi connectivity index (χ3v) is 4.89. The van der Waals surface area contributed by atoms with Crippen molar-refractivity contribution < 1.29 is 12.9 Å². The molecule has 7 heteroatoms. The summed E-state index contributed by atoms with van der Waals surface area (Å²) in [7, 11) is -3.27. The van der Waals surface area contributed by atoms with Crippen LogP contribution in [0.2, 0.25) is 0 Å². The quantitative estimate of drug-likeness (QED) is 0.924. The lowest BCUT2D eigenvalue weighted by Crippen LogP contribution is -2.09. The van der Waals surface area contributed by atoms with E-state index in [-0.39, 0.29) is 5.88 Å². The fraction of sp³-hybridized carbons (Fsp3) is 0.250. The van der Waals surface area contributed by atoms with E-state index < -0.39 is 15.1 Å². The van der Waals surface area contributed by atoms with Crippen LogP contribution in [0.1, 0.15) is 17.9 Å². The van der Waals surface area contributed by atoms with Gasteiger partial charge in [0, 0.05) is 10.7 Å². The number of anilines is 1. The number of halogens is 1. The van der Waals surface area contributed by atoms with Crippen molar-refractivity contribution >= 4 is 31.7 Å². The zero-order valence-electron chi connectivity index (χ0n) is 10.4. The molecule has 0 saturated heterocycles. The van der Waals surface area contributed by atoms with E-state index in [1.165, 1.54) is 0 Å². The van der Waals surface area contributed by atoms with Gasteiger partial charge in [-0.3, -0.25) is 0 Å². The van der Waals surface area contributed by atoms with Crippen molar-refractivity contribution in [3.05, 3.63) is 34.4 Å². The first kappa shape index (κ1) is 14.1. The molecule has 0 fully saturated rings. The van der Waals surface area contributed by atoms with E-state index in [9.17, 15) is 8.42 Å². The third kappa shape index (κ3) is 2.82. The third-order valence-electron chi connectivity index (χ3n) is 2.89. The minimum Gasteiger partial charge on any atom is -0.367 e. The van der Waals surface area contributed by atoms with Crippen LogP contribution in [0, 0.1) is 0 Å². The normalized spacial score (nSPS) is 13.4. The summed E-state index contributed by atoms with van der Waals surface area (Å²) >= 11 is 3.36. The van der Waals surface area contributed by atoms with E-state index in [1.54, 1.807) is 6.92 Å². The summed E-state index contributed by atoms with van der Waals surface area (Å²) < 4.78 is 29.1. The SMILES string of the molecule is CC(c1noc(N)c1-c1cccc(Br)c1)S(C)(=O)=O. The molecule has 1 aromatic heterocycles. The maximum atomic E-state index is 11.7. The number of nitrogens with zero attached hydrogens (tertiary/aromatic N) is 1. The summed E-state index contributed by atoms with van der Waals surface area (Å²) in [6, 6.07) is 7.36. The highest BCUT2D eigenvalue weighted by Gasteiger charge is 2.27. The van der Waals surface area contributed by atoms with Gasteiger partial charge < -0.3 is 10.3 Å². The molecule has 0 aliphatic rings. The predicted molar refractivity (Wildman–Crippen MR) is 77.3 cm³/mol. The molecule has 2 rings (SSSR count). The van der Waals surface area contributed by atoms with Crippen LogP contribution in [0.4, 0.5) is 5.88 Å². The van der Waals surface area contributed by atoms with Crippen LogP contribution in [0.15, 0.2) is 33.3 Å². The van der Waals surface area contributed by atoms with E-state index in [0.717, 1.165) is 16.3 Å². The molecule has 0 bridgehead atoms. The van der Waals surface area contributed by atoms with Gasteiger partial charge in [-0.05, 0) is 24.6 Å². The van der Waals surface area contributed by atoms with E-state index in [1.807, 2.05) is 24.3 Å². The van der Waals surface area contributed by atoms with Crippen LogP contribution in [-0.2, 0) is 9.84 Å². The fourth-order valence-electron chi connectivity index (χ4n) is 1.73. The Morgan fingerprint density at radius 2 is 2.11 bits per heavy atom. The Labute approximate surface area is 119 Å². The second-order valence-corrected chi connectivity index (χ2v) is 7.57. The van der Waals surface area contributed by atoms with Crippen LogP contribution in [0.5, 0.6) is 0 Å². The molecule has 2 N–H and O–H groups in total. The fourth-order valence-corrected chi connectivity index (χ4v) is 2.70. The summed E-state index contributed by atoms with van der Waals surface area (Å²) in [5.41, 5.74) is 7.39. The van der Waals surface area contributed by atoms with E-state index in [4.69, 9.17) is 10.3 Å².